The number of nitrogens with zero attached hydrogens (tertiary/aromatic N) is 4. The molecule has 8 nitrogen and oxygen atoms in total. The summed E-state index contributed by atoms with van der Waals surface area (Å²) in [5.74, 6) is 0.646. The van der Waals surface area contributed by atoms with Crippen molar-refractivity contribution in [3.63, 3.8) is 0 Å². The Morgan fingerprint density at radius 3 is 2.67 bits per heavy atom. The largest absolute Gasteiger partial charge is 0.368 e. The van der Waals surface area contributed by atoms with Crippen molar-refractivity contribution < 1.29 is 4.92 Å². The van der Waals surface area contributed by atoms with E-state index in [0.717, 1.165) is 0 Å². The van der Waals surface area contributed by atoms with Gasteiger partial charge >= 0.3 is 0 Å². The summed E-state index contributed by atoms with van der Waals surface area (Å²) >= 11 is 0. The first-order chi connectivity index (χ1) is 8.61. The molecule has 2 rings (SSSR count). The second-order valence-electron chi connectivity index (χ2n) is 3.51. The molecule has 0 saturated heterocycles. The Balaban J connectivity index is 2.33. The van der Waals surface area contributed by atoms with Crippen LogP contribution in [0.5, 0.6) is 0 Å². The van der Waals surface area contributed by atoms with Crippen LogP contribution in [-0.2, 0) is 0 Å². The van der Waals surface area contributed by atoms with E-state index < -0.39 is 4.92 Å². The van der Waals surface area contributed by atoms with Gasteiger partial charge in [-0.2, -0.15) is 9.67 Å². The molecular formula is C10H12N6O2. The van der Waals surface area contributed by atoms with E-state index in [1.54, 1.807) is 12.1 Å². The van der Waals surface area contributed by atoms with Gasteiger partial charge in [0.15, 0.2) is 0 Å². The molecule has 0 amide bonds. The molecule has 0 unspecified atom stereocenters. The zero-order chi connectivity index (χ0) is 13.1. The SMILES string of the molecule is CCNc1nc(N)n(-c2ccc([N+](=O)[O-])cc2)n1. The number of nitrogens with one attached hydrogen (secondary N) is 1. The molecule has 0 aliphatic heterocycles. The predicted molar refractivity (Wildman–Crippen MR) is 66.6 cm³/mol. The summed E-state index contributed by atoms with van der Waals surface area (Å²) in [4.78, 5) is 14.1. The summed E-state index contributed by atoms with van der Waals surface area (Å²) in [6.45, 7) is 2.60. The van der Waals surface area contributed by atoms with Crippen LogP contribution in [0.2, 0.25) is 0 Å². The molecule has 2 aromatic rings. The second-order valence-corrected chi connectivity index (χ2v) is 3.51. The third-order valence-corrected chi connectivity index (χ3v) is 2.27. The maximum atomic E-state index is 10.5. The predicted octanol–water partition coefficient (Wildman–Crippen LogP) is 1.19. The number of anilines is 2. The van der Waals surface area contributed by atoms with E-state index in [9.17, 15) is 10.1 Å². The topological polar surface area (TPSA) is 112 Å². The van der Waals surface area contributed by atoms with Gasteiger partial charge in [0.2, 0.25) is 11.9 Å². The van der Waals surface area contributed by atoms with Gasteiger partial charge in [-0.3, -0.25) is 10.1 Å². The molecule has 0 aliphatic carbocycles. The minimum Gasteiger partial charge on any atom is -0.368 e. The lowest BCUT2D eigenvalue weighted by Crippen LogP contribution is -2.03. The highest BCUT2D eigenvalue weighted by molar-refractivity contribution is 5.45. The number of benzene rings is 1. The first-order valence-corrected chi connectivity index (χ1v) is 5.33. The Labute approximate surface area is 103 Å². The molecule has 1 aromatic heterocycles. The van der Waals surface area contributed by atoms with Crippen molar-refractivity contribution in [1.82, 2.24) is 14.8 Å². The summed E-state index contributed by atoms with van der Waals surface area (Å²) < 4.78 is 1.42. The van der Waals surface area contributed by atoms with Crippen molar-refractivity contribution in [3.05, 3.63) is 34.4 Å². The van der Waals surface area contributed by atoms with Crippen LogP contribution in [-0.4, -0.2) is 26.2 Å². The van der Waals surface area contributed by atoms with E-state index in [1.807, 2.05) is 6.92 Å². The van der Waals surface area contributed by atoms with Gasteiger partial charge in [-0.1, -0.05) is 0 Å². The van der Waals surface area contributed by atoms with Crippen LogP contribution in [0.1, 0.15) is 6.92 Å². The molecule has 0 fully saturated rings. The molecule has 1 heterocycles. The van der Waals surface area contributed by atoms with Gasteiger partial charge in [-0.05, 0) is 19.1 Å². The lowest BCUT2D eigenvalue weighted by atomic mass is 10.3. The fourth-order valence-corrected chi connectivity index (χ4v) is 1.46. The average Bonchev–Trinajstić information content (AvgIpc) is 2.71. The van der Waals surface area contributed by atoms with Crippen molar-refractivity contribution >= 4 is 17.6 Å². The summed E-state index contributed by atoms with van der Waals surface area (Å²) in [7, 11) is 0. The Bertz CT molecular complexity index is 562. The van der Waals surface area contributed by atoms with Gasteiger partial charge in [0.25, 0.3) is 5.69 Å². The van der Waals surface area contributed by atoms with Crippen LogP contribution in [0.25, 0.3) is 5.69 Å². The number of hydrogen-bond donors (Lipinski definition) is 2. The molecule has 0 spiro atoms. The summed E-state index contributed by atoms with van der Waals surface area (Å²) in [5.41, 5.74) is 6.36. The van der Waals surface area contributed by atoms with Crippen molar-refractivity contribution in [3.8, 4) is 5.69 Å². The first kappa shape index (κ1) is 11.8. The minimum atomic E-state index is -0.460. The monoisotopic (exact) mass is 248 g/mol. The molecule has 94 valence electrons. The van der Waals surface area contributed by atoms with Gasteiger partial charge < -0.3 is 11.1 Å². The normalized spacial score (nSPS) is 10.3. The average molecular weight is 248 g/mol. The summed E-state index contributed by atoms with van der Waals surface area (Å²) in [5, 5.41) is 17.6. The van der Waals surface area contributed by atoms with E-state index in [0.29, 0.717) is 18.2 Å². The Morgan fingerprint density at radius 2 is 2.11 bits per heavy atom. The Kier molecular flexibility index (Phi) is 3.09. The molecular weight excluding hydrogens is 236 g/mol. The maximum absolute atomic E-state index is 10.5. The second kappa shape index (κ2) is 4.70. The standard InChI is InChI=1S/C10H12N6O2/c1-2-12-10-13-9(11)15(14-10)7-3-5-8(6-4-7)16(17)18/h3-6H,2H2,1H3,(H3,11,12,13,14). The van der Waals surface area contributed by atoms with Crippen molar-refractivity contribution in [2.24, 2.45) is 0 Å². The molecule has 8 heteroatoms. The van der Waals surface area contributed by atoms with E-state index in [-0.39, 0.29) is 11.6 Å². The molecule has 0 radical (unpaired) electrons. The van der Waals surface area contributed by atoms with Gasteiger partial charge in [0.05, 0.1) is 10.6 Å². The zero-order valence-electron chi connectivity index (χ0n) is 9.70. The van der Waals surface area contributed by atoms with Crippen molar-refractivity contribution in [2.45, 2.75) is 6.92 Å². The summed E-state index contributed by atoms with van der Waals surface area (Å²) in [6.07, 6.45) is 0. The van der Waals surface area contributed by atoms with Gasteiger partial charge in [-0.25, -0.2) is 0 Å². The minimum absolute atomic E-state index is 0.0179. The fourth-order valence-electron chi connectivity index (χ4n) is 1.46. The van der Waals surface area contributed by atoms with Crippen LogP contribution in [0.4, 0.5) is 17.6 Å². The van der Waals surface area contributed by atoms with Crippen LogP contribution in [0, 0.1) is 10.1 Å². The summed E-state index contributed by atoms with van der Waals surface area (Å²) in [6, 6.07) is 5.92. The van der Waals surface area contributed by atoms with Gasteiger partial charge in [0.1, 0.15) is 0 Å². The number of hydrogen-bond acceptors (Lipinski definition) is 6. The Hall–Kier alpha value is -2.64. The number of rotatable bonds is 4. The van der Waals surface area contributed by atoms with Crippen LogP contribution in [0.3, 0.4) is 0 Å². The highest BCUT2D eigenvalue weighted by Crippen LogP contribution is 2.17. The quantitative estimate of drug-likeness (QED) is 0.620. The lowest BCUT2D eigenvalue weighted by Gasteiger charge is -2.01. The fraction of sp³-hybridized carbons (Fsp3) is 0.200. The molecule has 0 saturated carbocycles. The van der Waals surface area contributed by atoms with Gasteiger partial charge in [-0.15, -0.1) is 5.10 Å². The van der Waals surface area contributed by atoms with E-state index >= 15 is 0 Å². The molecule has 0 bridgehead atoms. The third-order valence-electron chi connectivity index (χ3n) is 2.27. The number of nitrogens with two attached hydrogens (primary N) is 1. The molecule has 3 N–H and O–H groups in total. The Morgan fingerprint density at radius 1 is 1.44 bits per heavy atom. The molecule has 18 heavy (non-hydrogen) atoms. The third kappa shape index (κ3) is 2.21. The molecule has 0 aliphatic rings. The van der Waals surface area contributed by atoms with Crippen LogP contribution >= 0.6 is 0 Å². The zero-order valence-corrected chi connectivity index (χ0v) is 9.70. The first-order valence-electron chi connectivity index (χ1n) is 5.33. The number of non-ortho nitro benzene ring substituents is 1. The number of nitro groups is 1. The van der Waals surface area contributed by atoms with E-state index in [1.165, 1.54) is 16.8 Å². The lowest BCUT2D eigenvalue weighted by molar-refractivity contribution is -0.384. The molecule has 1 aromatic carbocycles. The van der Waals surface area contributed by atoms with E-state index in [4.69, 9.17) is 5.73 Å². The van der Waals surface area contributed by atoms with Crippen LogP contribution < -0.4 is 11.1 Å². The van der Waals surface area contributed by atoms with Crippen LogP contribution in [0.15, 0.2) is 24.3 Å². The van der Waals surface area contributed by atoms with Crippen molar-refractivity contribution in [2.75, 3.05) is 17.6 Å². The maximum Gasteiger partial charge on any atom is 0.269 e. The molecule has 0 atom stereocenters. The number of nitro benzene ring substituents is 1. The highest BCUT2D eigenvalue weighted by atomic mass is 16.6. The van der Waals surface area contributed by atoms with Gasteiger partial charge in [0, 0.05) is 18.7 Å². The number of nitrogen functional groups attached to an aromatic ring is 1. The number of aromatic nitrogens is 3. The smallest absolute Gasteiger partial charge is 0.269 e. The highest BCUT2D eigenvalue weighted by Gasteiger charge is 2.10. The van der Waals surface area contributed by atoms with E-state index in [2.05, 4.69) is 15.4 Å². The van der Waals surface area contributed by atoms with Crippen molar-refractivity contribution in [1.29, 1.82) is 0 Å².